The Morgan fingerprint density at radius 3 is 2.53 bits per heavy atom. The van der Waals surface area contributed by atoms with Crippen molar-refractivity contribution in [2.75, 3.05) is 18.5 Å². The summed E-state index contributed by atoms with van der Waals surface area (Å²) in [4.78, 5) is 28.0. The largest absolute Gasteiger partial charge is 0.486 e. The number of carbonyl (C=O) groups excluding carboxylic acids is 2. The first-order valence-electron chi connectivity index (χ1n) is 10.7. The van der Waals surface area contributed by atoms with Gasteiger partial charge in [0, 0.05) is 23.9 Å². The maximum Gasteiger partial charge on any atom is 0.255 e. The number of hydrogen-bond donors (Lipinski definition) is 1. The van der Waals surface area contributed by atoms with Crippen LogP contribution in [0.3, 0.4) is 0 Å². The molecule has 6 heteroatoms. The highest BCUT2D eigenvalue weighted by atomic mass is 16.6. The molecule has 1 N–H and O–H groups in total. The summed E-state index contributed by atoms with van der Waals surface area (Å²) in [6, 6.07) is 20.6. The van der Waals surface area contributed by atoms with Gasteiger partial charge in [0.1, 0.15) is 13.2 Å². The number of hydrogen-bond acceptors (Lipinski definition) is 4. The van der Waals surface area contributed by atoms with Crippen molar-refractivity contribution in [3.05, 3.63) is 89.0 Å². The number of anilines is 1. The third kappa shape index (κ3) is 3.91. The minimum absolute atomic E-state index is 0.0432. The van der Waals surface area contributed by atoms with E-state index in [0.717, 1.165) is 16.7 Å². The smallest absolute Gasteiger partial charge is 0.255 e. The van der Waals surface area contributed by atoms with E-state index in [4.69, 9.17) is 9.47 Å². The van der Waals surface area contributed by atoms with E-state index in [1.54, 1.807) is 23.1 Å². The molecular weight excluding hydrogens is 404 g/mol. The molecule has 1 unspecified atom stereocenters. The van der Waals surface area contributed by atoms with Crippen molar-refractivity contribution in [1.29, 1.82) is 0 Å². The van der Waals surface area contributed by atoms with Crippen molar-refractivity contribution >= 4 is 17.5 Å². The minimum atomic E-state index is -0.368. The summed E-state index contributed by atoms with van der Waals surface area (Å²) in [5, 5.41) is 2.95. The molecule has 2 aliphatic rings. The lowest BCUT2D eigenvalue weighted by Gasteiger charge is -2.28. The summed E-state index contributed by atoms with van der Waals surface area (Å²) >= 11 is 0. The standard InChI is InChI=1S/C26H24N2O4/c1-17-6-8-18(9-7-17)22(28-16-19-4-2-3-5-21(19)26(28)30)15-25(29)27-20-10-11-23-24(14-20)32-13-12-31-23/h2-11,14,22H,12-13,15-16H2,1H3,(H,27,29). The van der Waals surface area contributed by atoms with Crippen molar-refractivity contribution in [2.45, 2.75) is 25.9 Å². The first-order valence-corrected chi connectivity index (χ1v) is 10.7. The minimum Gasteiger partial charge on any atom is -0.486 e. The van der Waals surface area contributed by atoms with E-state index in [1.165, 1.54) is 0 Å². The molecule has 6 nitrogen and oxygen atoms in total. The number of nitrogens with one attached hydrogen (secondary N) is 1. The second-order valence-electron chi connectivity index (χ2n) is 8.13. The summed E-state index contributed by atoms with van der Waals surface area (Å²) in [5.41, 5.74) is 4.40. The van der Waals surface area contributed by atoms with Gasteiger partial charge in [-0.25, -0.2) is 0 Å². The third-order valence-corrected chi connectivity index (χ3v) is 5.89. The van der Waals surface area contributed by atoms with Crippen LogP contribution in [0.25, 0.3) is 0 Å². The van der Waals surface area contributed by atoms with Crippen molar-refractivity contribution in [2.24, 2.45) is 0 Å². The van der Waals surface area contributed by atoms with E-state index in [2.05, 4.69) is 5.32 Å². The number of ether oxygens (including phenoxy) is 2. The Balaban J connectivity index is 1.38. The molecule has 32 heavy (non-hydrogen) atoms. The van der Waals surface area contributed by atoms with Gasteiger partial charge in [0.15, 0.2) is 11.5 Å². The molecule has 0 radical (unpaired) electrons. The van der Waals surface area contributed by atoms with E-state index < -0.39 is 0 Å². The molecule has 0 saturated carbocycles. The van der Waals surface area contributed by atoms with Gasteiger partial charge in [-0.05, 0) is 36.2 Å². The normalized spacial score (nSPS) is 15.3. The zero-order chi connectivity index (χ0) is 22.1. The zero-order valence-electron chi connectivity index (χ0n) is 17.8. The fourth-order valence-corrected chi connectivity index (χ4v) is 4.23. The van der Waals surface area contributed by atoms with Gasteiger partial charge in [0.2, 0.25) is 5.91 Å². The van der Waals surface area contributed by atoms with Gasteiger partial charge in [-0.1, -0.05) is 48.0 Å². The topological polar surface area (TPSA) is 67.9 Å². The molecule has 0 spiro atoms. The summed E-state index contributed by atoms with van der Waals surface area (Å²) in [7, 11) is 0. The van der Waals surface area contributed by atoms with Crippen LogP contribution in [0.5, 0.6) is 11.5 Å². The fourth-order valence-electron chi connectivity index (χ4n) is 4.23. The number of nitrogens with zero attached hydrogens (tertiary/aromatic N) is 1. The van der Waals surface area contributed by atoms with Crippen LogP contribution in [0.1, 0.15) is 39.5 Å². The van der Waals surface area contributed by atoms with Crippen LogP contribution in [0.15, 0.2) is 66.7 Å². The molecule has 3 aromatic carbocycles. The van der Waals surface area contributed by atoms with Crippen LogP contribution in [-0.2, 0) is 11.3 Å². The maximum absolute atomic E-state index is 13.1. The van der Waals surface area contributed by atoms with Crippen molar-refractivity contribution in [3.8, 4) is 11.5 Å². The summed E-state index contributed by atoms with van der Waals surface area (Å²) in [6.45, 7) is 3.51. The van der Waals surface area contributed by atoms with E-state index in [9.17, 15) is 9.59 Å². The highest BCUT2D eigenvalue weighted by Crippen LogP contribution is 2.35. The Labute approximate surface area is 186 Å². The summed E-state index contributed by atoms with van der Waals surface area (Å²) in [5.74, 6) is 1.08. The Bertz CT molecular complexity index is 1170. The molecule has 162 valence electrons. The average Bonchev–Trinajstić information content (AvgIpc) is 3.14. The average molecular weight is 428 g/mol. The van der Waals surface area contributed by atoms with Crippen LogP contribution in [0.4, 0.5) is 5.69 Å². The Morgan fingerprint density at radius 1 is 1.00 bits per heavy atom. The van der Waals surface area contributed by atoms with Crippen molar-refractivity contribution in [3.63, 3.8) is 0 Å². The van der Waals surface area contributed by atoms with Crippen LogP contribution >= 0.6 is 0 Å². The van der Waals surface area contributed by atoms with Crippen molar-refractivity contribution in [1.82, 2.24) is 4.90 Å². The summed E-state index contributed by atoms with van der Waals surface area (Å²) < 4.78 is 11.2. The molecule has 0 saturated heterocycles. The Morgan fingerprint density at radius 2 is 1.75 bits per heavy atom. The molecular formula is C26H24N2O4. The molecule has 2 aliphatic heterocycles. The highest BCUT2D eigenvalue weighted by Gasteiger charge is 2.34. The van der Waals surface area contributed by atoms with Gasteiger partial charge in [-0.3, -0.25) is 9.59 Å². The quantitative estimate of drug-likeness (QED) is 0.650. The number of amides is 2. The number of benzene rings is 3. The van der Waals surface area contributed by atoms with Crippen LogP contribution < -0.4 is 14.8 Å². The van der Waals surface area contributed by atoms with E-state index in [1.807, 2.05) is 55.5 Å². The lowest BCUT2D eigenvalue weighted by Crippen LogP contribution is -2.32. The van der Waals surface area contributed by atoms with Crippen molar-refractivity contribution < 1.29 is 19.1 Å². The second-order valence-corrected chi connectivity index (χ2v) is 8.13. The third-order valence-electron chi connectivity index (χ3n) is 5.89. The molecule has 0 aliphatic carbocycles. The van der Waals surface area contributed by atoms with Gasteiger partial charge in [0.25, 0.3) is 5.91 Å². The van der Waals surface area contributed by atoms with E-state index >= 15 is 0 Å². The Kier molecular flexibility index (Phi) is 5.27. The SMILES string of the molecule is Cc1ccc(C(CC(=O)Nc2ccc3c(c2)OCCO3)N2Cc3ccccc3C2=O)cc1. The fraction of sp³-hybridized carbons (Fsp3) is 0.231. The zero-order valence-corrected chi connectivity index (χ0v) is 17.8. The second kappa shape index (κ2) is 8.38. The predicted octanol–water partition coefficient (Wildman–Crippen LogP) is 4.49. The maximum atomic E-state index is 13.1. The molecule has 0 aromatic heterocycles. The predicted molar refractivity (Wildman–Crippen MR) is 121 cm³/mol. The van der Waals surface area contributed by atoms with Gasteiger partial charge in [-0.2, -0.15) is 0 Å². The molecule has 3 aromatic rings. The number of rotatable bonds is 5. The van der Waals surface area contributed by atoms with E-state index in [0.29, 0.717) is 42.5 Å². The number of carbonyl (C=O) groups is 2. The molecule has 0 bridgehead atoms. The first kappa shape index (κ1) is 20.1. The summed E-state index contributed by atoms with van der Waals surface area (Å²) in [6.07, 6.45) is 0.150. The first-order chi connectivity index (χ1) is 15.6. The van der Waals surface area contributed by atoms with Gasteiger partial charge >= 0.3 is 0 Å². The highest BCUT2D eigenvalue weighted by molar-refractivity contribution is 5.99. The molecule has 5 rings (SSSR count). The van der Waals surface area contributed by atoms with Crippen LogP contribution in [0.2, 0.25) is 0 Å². The van der Waals surface area contributed by atoms with Gasteiger partial charge in [-0.15, -0.1) is 0 Å². The monoisotopic (exact) mass is 428 g/mol. The molecule has 1 atom stereocenters. The Hall–Kier alpha value is -3.80. The van der Waals surface area contributed by atoms with Crippen LogP contribution in [-0.4, -0.2) is 29.9 Å². The van der Waals surface area contributed by atoms with Crippen LogP contribution in [0, 0.1) is 6.92 Å². The molecule has 0 fully saturated rings. The lowest BCUT2D eigenvalue weighted by atomic mass is 10.00. The number of aryl methyl sites for hydroxylation is 1. The lowest BCUT2D eigenvalue weighted by molar-refractivity contribution is -0.117. The molecule has 2 heterocycles. The van der Waals surface area contributed by atoms with Gasteiger partial charge < -0.3 is 19.7 Å². The number of fused-ring (bicyclic) bond motifs is 2. The van der Waals surface area contributed by atoms with E-state index in [-0.39, 0.29) is 24.3 Å². The van der Waals surface area contributed by atoms with Gasteiger partial charge in [0.05, 0.1) is 12.5 Å². The molecule has 2 amide bonds.